The van der Waals surface area contributed by atoms with Crippen molar-refractivity contribution in [2.24, 2.45) is 69.7 Å². The first-order valence-corrected chi connectivity index (χ1v) is 11.9. The van der Waals surface area contributed by atoms with Gasteiger partial charge in [0.15, 0.2) is 0 Å². The Bertz CT molecular complexity index is 630. The summed E-state index contributed by atoms with van der Waals surface area (Å²) in [4.78, 5) is 0. The van der Waals surface area contributed by atoms with Crippen LogP contribution >= 0.6 is 0 Å². The van der Waals surface area contributed by atoms with E-state index in [1.807, 2.05) is 0 Å². The fourth-order valence-electron chi connectivity index (χ4n) is 9.67. The average molecular weight is 390 g/mol. The highest BCUT2D eigenvalue weighted by molar-refractivity contribution is 5.16. The molecule has 2 bridgehead atoms. The highest BCUT2D eigenvalue weighted by Crippen LogP contribution is 2.72. The normalized spacial score (nSPS) is 60.4. The van der Waals surface area contributed by atoms with Crippen LogP contribution in [0, 0.1) is 63.4 Å². The second kappa shape index (κ2) is 6.40. The van der Waals surface area contributed by atoms with Crippen molar-refractivity contribution in [1.29, 1.82) is 0 Å². The van der Waals surface area contributed by atoms with Crippen LogP contribution in [-0.4, -0.2) is 17.3 Å². The molecule has 10 unspecified atom stereocenters. The average Bonchev–Trinajstić information content (AvgIpc) is 3.41. The van der Waals surface area contributed by atoms with E-state index in [1.54, 1.807) is 0 Å². The number of rotatable bonds is 2. The third-order valence-electron chi connectivity index (χ3n) is 11.3. The maximum Gasteiger partial charge on any atom is 0.0177 e. The molecule has 160 valence electrons. The van der Waals surface area contributed by atoms with Crippen molar-refractivity contribution in [2.45, 2.75) is 84.7 Å². The Morgan fingerprint density at radius 1 is 0.929 bits per heavy atom. The van der Waals surface area contributed by atoms with Crippen molar-refractivity contribution < 1.29 is 0 Å². The Hall–Kier alpha value is -0.200. The molecule has 0 radical (unpaired) electrons. The van der Waals surface area contributed by atoms with Crippen LogP contribution in [0.25, 0.3) is 0 Å². The van der Waals surface area contributed by atoms with Gasteiger partial charge in [0, 0.05) is 12.1 Å². The Morgan fingerprint density at radius 2 is 1.68 bits per heavy atom. The van der Waals surface area contributed by atoms with Crippen LogP contribution in [-0.2, 0) is 0 Å². The maximum absolute atomic E-state index is 12.5. The van der Waals surface area contributed by atoms with Crippen molar-refractivity contribution in [3.8, 4) is 0 Å². The monoisotopic (exact) mass is 389 g/mol. The van der Waals surface area contributed by atoms with Gasteiger partial charge in [-0.1, -0.05) is 27.7 Å². The highest BCUT2D eigenvalue weighted by Gasteiger charge is 2.66. The van der Waals surface area contributed by atoms with E-state index >= 15 is 0 Å². The minimum atomic E-state index is 0.0245. The molecule has 0 aromatic rings. The lowest BCUT2D eigenvalue weighted by molar-refractivity contribution is -0.0717. The van der Waals surface area contributed by atoms with Gasteiger partial charge >= 0.3 is 0 Å². The quantitative estimate of drug-likeness (QED) is 0.495. The SMILES string of the molecule is C[C@@H]1C2CC(N)C3CC3C1(C)C1CCC3(C)C(CCC3N([O-])NN)C1C[C@@H]2C. The molecule has 5 fully saturated rings. The molecule has 0 amide bonds. The van der Waals surface area contributed by atoms with Gasteiger partial charge in [0.1, 0.15) is 0 Å². The first-order chi connectivity index (χ1) is 13.2. The van der Waals surface area contributed by atoms with Gasteiger partial charge in [0.2, 0.25) is 0 Å². The molecule has 28 heavy (non-hydrogen) atoms. The Kier molecular flexibility index (Phi) is 4.51. The van der Waals surface area contributed by atoms with Gasteiger partial charge in [0.05, 0.1) is 0 Å². The summed E-state index contributed by atoms with van der Waals surface area (Å²) in [6, 6.07) is 0.448. The van der Waals surface area contributed by atoms with E-state index < -0.39 is 0 Å². The van der Waals surface area contributed by atoms with Crippen LogP contribution in [0.3, 0.4) is 0 Å². The molecule has 5 rings (SSSR count). The van der Waals surface area contributed by atoms with Crippen LogP contribution < -0.4 is 17.1 Å². The molecular formula is C23H41N4O-. The van der Waals surface area contributed by atoms with E-state index in [4.69, 9.17) is 11.6 Å². The summed E-state index contributed by atoms with van der Waals surface area (Å²) in [5.41, 5.74) is 9.62. The molecule has 5 N–H and O–H groups in total. The van der Waals surface area contributed by atoms with Gasteiger partial charge in [-0.25, -0.2) is 5.53 Å². The first-order valence-electron chi connectivity index (χ1n) is 11.9. The predicted octanol–water partition coefficient (Wildman–Crippen LogP) is 3.64. The van der Waals surface area contributed by atoms with Crippen molar-refractivity contribution in [2.75, 3.05) is 0 Å². The molecule has 0 heterocycles. The summed E-state index contributed by atoms with van der Waals surface area (Å²) in [6.45, 7) is 10.1. The van der Waals surface area contributed by atoms with Crippen molar-refractivity contribution in [1.82, 2.24) is 10.7 Å². The lowest BCUT2D eigenvalue weighted by atomic mass is 9.51. The van der Waals surface area contributed by atoms with Gasteiger partial charge < -0.3 is 16.1 Å². The van der Waals surface area contributed by atoms with Crippen molar-refractivity contribution in [3.05, 3.63) is 5.21 Å². The zero-order valence-corrected chi connectivity index (χ0v) is 18.2. The largest absolute Gasteiger partial charge is 0.770 e. The lowest BCUT2D eigenvalue weighted by Gasteiger charge is -2.56. The number of hydrogen-bond acceptors (Lipinski definition) is 5. The fraction of sp³-hybridized carbons (Fsp3) is 1.00. The number of fused-ring (bicyclic) bond motifs is 8. The molecule has 0 aromatic heterocycles. The summed E-state index contributed by atoms with van der Waals surface area (Å²) < 4.78 is 0. The number of hydrazine groups is 2. The predicted molar refractivity (Wildman–Crippen MR) is 112 cm³/mol. The Morgan fingerprint density at radius 3 is 2.39 bits per heavy atom. The van der Waals surface area contributed by atoms with E-state index in [1.165, 1.54) is 38.5 Å². The summed E-state index contributed by atoms with van der Waals surface area (Å²) in [7, 11) is 0. The summed E-state index contributed by atoms with van der Waals surface area (Å²) in [5, 5.41) is 13.4. The van der Waals surface area contributed by atoms with Crippen LogP contribution in [0.5, 0.6) is 0 Å². The summed E-state index contributed by atoms with van der Waals surface area (Å²) >= 11 is 0. The Balaban J connectivity index is 1.53. The van der Waals surface area contributed by atoms with Gasteiger partial charge in [-0.05, 0) is 103 Å². The second-order valence-electron chi connectivity index (χ2n) is 11.9. The minimum absolute atomic E-state index is 0.0245. The summed E-state index contributed by atoms with van der Waals surface area (Å²) in [5.74, 6) is 11.6. The topological polar surface area (TPSA) is 90.4 Å². The minimum Gasteiger partial charge on any atom is -0.770 e. The molecule has 5 saturated carbocycles. The van der Waals surface area contributed by atoms with Crippen molar-refractivity contribution >= 4 is 0 Å². The zero-order valence-electron chi connectivity index (χ0n) is 18.2. The van der Waals surface area contributed by atoms with Gasteiger partial charge in [-0.15, -0.1) is 0 Å². The van der Waals surface area contributed by atoms with Crippen LogP contribution in [0.2, 0.25) is 0 Å². The van der Waals surface area contributed by atoms with Crippen molar-refractivity contribution in [3.63, 3.8) is 0 Å². The molecule has 12 atom stereocenters. The smallest absolute Gasteiger partial charge is 0.0177 e. The molecule has 0 aromatic carbocycles. The van der Waals surface area contributed by atoms with Gasteiger partial charge in [0.25, 0.3) is 0 Å². The zero-order chi connectivity index (χ0) is 20.0. The second-order valence-corrected chi connectivity index (χ2v) is 11.9. The van der Waals surface area contributed by atoms with E-state index in [0.29, 0.717) is 17.4 Å². The molecular weight excluding hydrogens is 348 g/mol. The molecule has 5 aliphatic rings. The molecule has 0 saturated heterocycles. The van der Waals surface area contributed by atoms with E-state index in [9.17, 15) is 5.21 Å². The van der Waals surface area contributed by atoms with Gasteiger partial charge in [-0.3, -0.25) is 5.84 Å². The van der Waals surface area contributed by atoms with Crippen LogP contribution in [0.4, 0.5) is 0 Å². The van der Waals surface area contributed by atoms with Gasteiger partial charge in [-0.2, -0.15) is 0 Å². The first kappa shape index (κ1) is 19.7. The number of hydroxylamine groups is 1. The molecule has 0 spiro atoms. The molecule has 5 heteroatoms. The lowest BCUT2D eigenvalue weighted by Crippen LogP contribution is -2.55. The van der Waals surface area contributed by atoms with Crippen LogP contribution in [0.15, 0.2) is 0 Å². The maximum atomic E-state index is 12.5. The Labute approximate surface area is 170 Å². The molecule has 0 aliphatic heterocycles. The number of nitrogens with two attached hydrogens (primary N) is 2. The third kappa shape index (κ3) is 2.43. The van der Waals surface area contributed by atoms with Crippen LogP contribution in [0.1, 0.15) is 72.6 Å². The standard InChI is InChI=1S/C23H41N4O/c1-12-9-15-17-5-6-21(27(28)26-25)22(17,3)8-7-18(15)23(4)13(2)14(12)11-20(24)16-10-19(16)23/h12-21,26H,5-11,24-25H2,1-4H3/q-1/t12-,13+,14?,15?,16?,17?,18?,19?,20?,21?,22?,23?/m0/s1. The highest BCUT2D eigenvalue weighted by atomic mass is 16.5. The number of hydrogen-bond donors (Lipinski definition) is 3. The van der Waals surface area contributed by atoms with E-state index in [0.717, 1.165) is 53.0 Å². The van der Waals surface area contributed by atoms with E-state index in [-0.39, 0.29) is 11.5 Å². The fourth-order valence-corrected chi connectivity index (χ4v) is 9.67. The number of nitrogens with one attached hydrogen (secondary N) is 1. The third-order valence-corrected chi connectivity index (χ3v) is 11.3. The number of nitrogens with zero attached hydrogens (tertiary/aromatic N) is 1. The molecule has 5 nitrogen and oxygen atoms in total. The summed E-state index contributed by atoms with van der Waals surface area (Å²) in [6.07, 6.45) is 8.56. The van der Waals surface area contributed by atoms with E-state index in [2.05, 4.69) is 33.2 Å². The molecule has 5 aliphatic carbocycles.